The largest absolute Gasteiger partial charge is 0.313 e. The topological polar surface area (TPSA) is 18.8 Å². The van der Waals surface area contributed by atoms with Gasteiger partial charge in [-0.3, -0.25) is 9.89 Å². The summed E-state index contributed by atoms with van der Waals surface area (Å²) in [6.45, 7) is 2.09. The Hall–Kier alpha value is -2.33. The average molecular weight is 396 g/mol. The Kier molecular flexibility index (Phi) is 5.44. The lowest BCUT2D eigenvalue weighted by molar-refractivity contribution is 0.273. The molecule has 27 heavy (non-hydrogen) atoms. The molecule has 4 rings (SSSR count). The molecule has 136 valence electrons. The summed E-state index contributed by atoms with van der Waals surface area (Å²) in [6, 6.07) is 26.1. The molecule has 0 aliphatic carbocycles. The van der Waals surface area contributed by atoms with Crippen LogP contribution in [0.3, 0.4) is 0 Å². The molecule has 0 spiro atoms. The molecule has 0 radical (unpaired) electrons. The summed E-state index contributed by atoms with van der Waals surface area (Å²) in [5.74, 6) is 0.966. The van der Waals surface area contributed by atoms with E-state index in [-0.39, 0.29) is 0 Å². The molecule has 0 atom stereocenters. The third-order valence-electron chi connectivity index (χ3n) is 4.54. The lowest BCUT2D eigenvalue weighted by Gasteiger charge is -2.36. The highest BCUT2D eigenvalue weighted by Crippen LogP contribution is 2.25. The van der Waals surface area contributed by atoms with Crippen LogP contribution in [-0.2, 0) is 6.54 Å². The van der Waals surface area contributed by atoms with Crippen molar-refractivity contribution >= 4 is 34.7 Å². The Morgan fingerprint density at radius 1 is 0.815 bits per heavy atom. The first-order valence-electron chi connectivity index (χ1n) is 8.79. The van der Waals surface area contributed by atoms with Crippen LogP contribution in [0.2, 0.25) is 10.0 Å². The number of aliphatic imine (C=N–C) groups is 1. The highest BCUT2D eigenvalue weighted by Gasteiger charge is 2.23. The van der Waals surface area contributed by atoms with Crippen LogP contribution in [0.4, 0.5) is 5.69 Å². The molecule has 0 amide bonds. The van der Waals surface area contributed by atoms with Gasteiger partial charge in [0.1, 0.15) is 5.84 Å². The SMILES string of the molecule is Clc1ccc(N2CN(Cc3ccccc3Cl)CN=C2c2ccccc2)cc1. The maximum absolute atomic E-state index is 6.35. The predicted octanol–water partition coefficient (Wildman–Crippen LogP) is 5.68. The van der Waals surface area contributed by atoms with E-state index >= 15 is 0 Å². The highest BCUT2D eigenvalue weighted by atomic mass is 35.5. The first-order valence-corrected chi connectivity index (χ1v) is 9.55. The van der Waals surface area contributed by atoms with Gasteiger partial charge >= 0.3 is 0 Å². The number of hydrogen-bond acceptors (Lipinski definition) is 3. The number of hydrogen-bond donors (Lipinski definition) is 0. The van der Waals surface area contributed by atoms with Crippen molar-refractivity contribution in [2.45, 2.75) is 6.54 Å². The number of nitrogens with zero attached hydrogens (tertiary/aromatic N) is 3. The Bertz CT molecular complexity index is 939. The van der Waals surface area contributed by atoms with Crippen molar-refractivity contribution in [2.75, 3.05) is 18.2 Å². The van der Waals surface area contributed by atoms with E-state index in [0.29, 0.717) is 6.67 Å². The van der Waals surface area contributed by atoms with Gasteiger partial charge in [-0.2, -0.15) is 0 Å². The van der Waals surface area contributed by atoms with Gasteiger partial charge in [0.2, 0.25) is 0 Å². The third kappa shape index (κ3) is 4.16. The minimum atomic E-state index is 0.625. The quantitative estimate of drug-likeness (QED) is 0.565. The zero-order valence-electron chi connectivity index (χ0n) is 14.7. The van der Waals surface area contributed by atoms with Crippen molar-refractivity contribution in [3.63, 3.8) is 0 Å². The molecular formula is C22H19Cl2N3. The summed E-state index contributed by atoms with van der Waals surface area (Å²) in [4.78, 5) is 9.36. The van der Waals surface area contributed by atoms with Crippen LogP contribution in [0.5, 0.6) is 0 Å². The monoisotopic (exact) mass is 395 g/mol. The first kappa shape index (κ1) is 18.1. The summed E-state index contributed by atoms with van der Waals surface area (Å²) in [5.41, 5.74) is 3.27. The van der Waals surface area contributed by atoms with Crippen LogP contribution in [0.1, 0.15) is 11.1 Å². The van der Waals surface area contributed by atoms with Crippen molar-refractivity contribution in [1.29, 1.82) is 0 Å². The third-order valence-corrected chi connectivity index (χ3v) is 5.16. The highest BCUT2D eigenvalue weighted by molar-refractivity contribution is 6.31. The van der Waals surface area contributed by atoms with Gasteiger partial charge < -0.3 is 4.90 Å². The molecule has 3 aromatic rings. The van der Waals surface area contributed by atoms with Gasteiger partial charge in [0.15, 0.2) is 0 Å². The Labute approximate surface area is 169 Å². The molecule has 0 saturated carbocycles. The van der Waals surface area contributed by atoms with Crippen molar-refractivity contribution in [1.82, 2.24) is 4.90 Å². The van der Waals surface area contributed by atoms with Crippen LogP contribution in [0.15, 0.2) is 83.9 Å². The van der Waals surface area contributed by atoms with E-state index in [2.05, 4.69) is 28.0 Å². The molecule has 0 aromatic heterocycles. The van der Waals surface area contributed by atoms with E-state index in [1.807, 2.05) is 60.7 Å². The average Bonchev–Trinajstić information content (AvgIpc) is 2.71. The summed E-state index contributed by atoms with van der Waals surface area (Å²) in [5, 5.41) is 1.51. The molecule has 5 heteroatoms. The molecule has 1 heterocycles. The van der Waals surface area contributed by atoms with Crippen LogP contribution in [0, 0.1) is 0 Å². The van der Waals surface area contributed by atoms with E-state index in [1.165, 1.54) is 0 Å². The summed E-state index contributed by atoms with van der Waals surface area (Å²) in [6.07, 6.45) is 0. The maximum atomic E-state index is 6.35. The summed E-state index contributed by atoms with van der Waals surface area (Å²) in [7, 11) is 0. The predicted molar refractivity (Wildman–Crippen MR) is 114 cm³/mol. The second-order valence-electron chi connectivity index (χ2n) is 6.46. The van der Waals surface area contributed by atoms with E-state index in [9.17, 15) is 0 Å². The molecule has 0 bridgehead atoms. The van der Waals surface area contributed by atoms with Gasteiger partial charge in [0.05, 0.1) is 13.3 Å². The van der Waals surface area contributed by atoms with Crippen molar-refractivity contribution in [3.05, 3.63) is 100 Å². The fraction of sp³-hybridized carbons (Fsp3) is 0.136. The van der Waals surface area contributed by atoms with E-state index in [4.69, 9.17) is 28.2 Å². The standard InChI is InChI=1S/C22H19Cl2N3/c23-19-10-12-20(13-11-19)27-16-26(14-18-8-4-5-9-21(18)24)15-25-22(27)17-6-2-1-3-7-17/h1-13H,14-16H2. The van der Waals surface area contributed by atoms with E-state index in [0.717, 1.165) is 45.9 Å². The maximum Gasteiger partial charge on any atom is 0.137 e. The van der Waals surface area contributed by atoms with Crippen molar-refractivity contribution < 1.29 is 0 Å². The van der Waals surface area contributed by atoms with Gasteiger partial charge in [-0.05, 0) is 35.9 Å². The minimum Gasteiger partial charge on any atom is -0.313 e. The number of anilines is 1. The lowest BCUT2D eigenvalue weighted by Crippen LogP contribution is -2.46. The van der Waals surface area contributed by atoms with Crippen molar-refractivity contribution in [2.24, 2.45) is 4.99 Å². The van der Waals surface area contributed by atoms with Crippen LogP contribution in [0.25, 0.3) is 0 Å². The number of amidine groups is 1. The molecule has 0 fully saturated rings. The smallest absolute Gasteiger partial charge is 0.137 e. The Morgan fingerprint density at radius 3 is 2.26 bits per heavy atom. The molecule has 1 aliphatic heterocycles. The fourth-order valence-corrected chi connectivity index (χ4v) is 3.51. The Balaban J connectivity index is 1.65. The number of rotatable bonds is 4. The van der Waals surface area contributed by atoms with Crippen molar-refractivity contribution in [3.8, 4) is 0 Å². The normalized spacial score (nSPS) is 14.9. The Morgan fingerprint density at radius 2 is 1.52 bits per heavy atom. The zero-order valence-corrected chi connectivity index (χ0v) is 16.2. The van der Waals surface area contributed by atoms with Gasteiger partial charge in [-0.15, -0.1) is 0 Å². The second kappa shape index (κ2) is 8.13. The summed E-state index contributed by atoms with van der Waals surface area (Å²) >= 11 is 12.4. The molecule has 0 saturated heterocycles. The molecule has 3 aromatic carbocycles. The fourth-order valence-electron chi connectivity index (χ4n) is 3.19. The van der Waals surface area contributed by atoms with Crippen LogP contribution >= 0.6 is 23.2 Å². The second-order valence-corrected chi connectivity index (χ2v) is 7.30. The van der Waals surface area contributed by atoms with Gasteiger partial charge in [0, 0.05) is 27.8 Å². The molecule has 1 aliphatic rings. The van der Waals surface area contributed by atoms with Crippen LogP contribution < -0.4 is 4.90 Å². The molecular weight excluding hydrogens is 377 g/mol. The molecule has 0 N–H and O–H groups in total. The summed E-state index contributed by atoms with van der Waals surface area (Å²) < 4.78 is 0. The zero-order chi connectivity index (χ0) is 18.6. The van der Waals surface area contributed by atoms with E-state index < -0.39 is 0 Å². The molecule has 0 unspecified atom stereocenters. The van der Waals surface area contributed by atoms with Crippen LogP contribution in [-0.4, -0.2) is 24.1 Å². The van der Waals surface area contributed by atoms with Gasteiger partial charge in [0.25, 0.3) is 0 Å². The number of benzene rings is 3. The van der Waals surface area contributed by atoms with Gasteiger partial charge in [-0.25, -0.2) is 0 Å². The number of halogens is 2. The van der Waals surface area contributed by atoms with E-state index in [1.54, 1.807) is 0 Å². The van der Waals surface area contributed by atoms with Gasteiger partial charge in [-0.1, -0.05) is 71.7 Å². The first-order chi connectivity index (χ1) is 13.2. The minimum absolute atomic E-state index is 0.625. The lowest BCUT2D eigenvalue weighted by atomic mass is 10.1. The molecule has 3 nitrogen and oxygen atoms in total.